The van der Waals surface area contributed by atoms with Crippen molar-refractivity contribution in [2.45, 2.75) is 76.5 Å². The lowest BCUT2D eigenvalue weighted by atomic mass is 9.79. The fraction of sp³-hybridized carbons (Fsp3) is 0.708. The van der Waals surface area contributed by atoms with Gasteiger partial charge in [0.15, 0.2) is 0 Å². The fourth-order valence-corrected chi connectivity index (χ4v) is 5.63. The monoisotopic (exact) mass is 370 g/mol. The molecule has 1 unspecified atom stereocenters. The average Bonchev–Trinajstić information content (AvgIpc) is 3.27. The fourth-order valence-electron chi connectivity index (χ4n) is 5.63. The van der Waals surface area contributed by atoms with Gasteiger partial charge in [-0.1, -0.05) is 37.5 Å². The van der Waals surface area contributed by atoms with Crippen LogP contribution in [0, 0.1) is 11.3 Å². The number of hydrogen-bond donors (Lipinski definition) is 0. The number of benzene rings is 1. The van der Waals surface area contributed by atoms with E-state index in [0.717, 1.165) is 25.4 Å². The first-order chi connectivity index (χ1) is 13.2. The second-order valence-corrected chi connectivity index (χ2v) is 9.26. The van der Waals surface area contributed by atoms with Crippen LogP contribution in [0.1, 0.15) is 80.4 Å². The predicted octanol–water partition coefficient (Wildman–Crippen LogP) is 5.20. The van der Waals surface area contributed by atoms with Gasteiger partial charge in [0.05, 0.1) is 13.0 Å². The molecule has 3 heteroatoms. The van der Waals surface area contributed by atoms with Crippen molar-refractivity contribution in [3.63, 3.8) is 0 Å². The Balaban J connectivity index is 1.32. The van der Waals surface area contributed by atoms with E-state index < -0.39 is 0 Å². The quantitative estimate of drug-likeness (QED) is 0.489. The SMILES string of the molecule is COCCCCCC1CCc2cc([C@@H]3CC[C@]4(COC(=O)C4)C3)ccc2C1. The van der Waals surface area contributed by atoms with Crippen molar-refractivity contribution in [3.05, 3.63) is 34.9 Å². The summed E-state index contributed by atoms with van der Waals surface area (Å²) in [5.74, 6) is 1.49. The van der Waals surface area contributed by atoms with Crippen LogP contribution in [0.3, 0.4) is 0 Å². The Hall–Kier alpha value is -1.35. The van der Waals surface area contributed by atoms with Gasteiger partial charge in [-0.3, -0.25) is 4.79 Å². The molecule has 1 aromatic rings. The third-order valence-corrected chi connectivity index (χ3v) is 7.25. The van der Waals surface area contributed by atoms with Gasteiger partial charge in [-0.15, -0.1) is 0 Å². The van der Waals surface area contributed by atoms with Gasteiger partial charge in [-0.05, 0) is 73.5 Å². The molecule has 2 aliphatic carbocycles. The molecule has 0 aromatic heterocycles. The molecule has 0 bridgehead atoms. The van der Waals surface area contributed by atoms with E-state index in [2.05, 4.69) is 18.2 Å². The zero-order valence-electron chi connectivity index (χ0n) is 16.8. The van der Waals surface area contributed by atoms with Crippen LogP contribution in [0.5, 0.6) is 0 Å². The van der Waals surface area contributed by atoms with E-state index >= 15 is 0 Å². The van der Waals surface area contributed by atoms with Crippen molar-refractivity contribution in [1.29, 1.82) is 0 Å². The summed E-state index contributed by atoms with van der Waals surface area (Å²) in [5, 5.41) is 0. The number of esters is 1. The summed E-state index contributed by atoms with van der Waals surface area (Å²) in [7, 11) is 1.79. The largest absolute Gasteiger partial charge is 0.465 e. The van der Waals surface area contributed by atoms with Crippen LogP contribution < -0.4 is 0 Å². The van der Waals surface area contributed by atoms with Gasteiger partial charge >= 0.3 is 5.97 Å². The van der Waals surface area contributed by atoms with E-state index in [-0.39, 0.29) is 11.4 Å². The Morgan fingerprint density at radius 3 is 2.93 bits per heavy atom. The highest BCUT2D eigenvalue weighted by atomic mass is 16.5. The van der Waals surface area contributed by atoms with Crippen LogP contribution >= 0.6 is 0 Å². The second kappa shape index (κ2) is 8.34. The van der Waals surface area contributed by atoms with Crippen LogP contribution in [0.4, 0.5) is 0 Å². The van der Waals surface area contributed by atoms with Crippen LogP contribution in [-0.2, 0) is 27.1 Å². The van der Waals surface area contributed by atoms with Crippen molar-refractivity contribution >= 4 is 5.97 Å². The van der Waals surface area contributed by atoms with Crippen LogP contribution in [0.15, 0.2) is 18.2 Å². The summed E-state index contributed by atoms with van der Waals surface area (Å²) in [5.41, 5.74) is 4.82. The smallest absolute Gasteiger partial charge is 0.306 e. The third-order valence-electron chi connectivity index (χ3n) is 7.25. The molecule has 1 heterocycles. The summed E-state index contributed by atoms with van der Waals surface area (Å²) in [6.07, 6.45) is 13.2. The van der Waals surface area contributed by atoms with E-state index in [1.165, 1.54) is 56.9 Å². The standard InChI is InChI=1S/C24H34O3/c1-26-12-4-2-3-5-18-6-7-20-14-21(9-8-19(20)13-18)22-10-11-24(15-22)16-23(25)27-17-24/h8-9,14,18,22H,2-7,10-13,15-17H2,1H3/t18?,22-,24+/m1/s1. The number of rotatable bonds is 7. The Labute approximate surface area is 163 Å². The molecule has 3 aliphatic rings. The number of methoxy groups -OCH3 is 1. The molecule has 0 amide bonds. The highest BCUT2D eigenvalue weighted by molar-refractivity contribution is 5.72. The van der Waals surface area contributed by atoms with Crippen LogP contribution in [0.2, 0.25) is 0 Å². The minimum absolute atomic E-state index is 0.00866. The van der Waals surface area contributed by atoms with Crippen molar-refractivity contribution in [3.8, 4) is 0 Å². The molecule has 1 saturated heterocycles. The van der Waals surface area contributed by atoms with Crippen molar-refractivity contribution < 1.29 is 14.3 Å². The minimum Gasteiger partial charge on any atom is -0.465 e. The van der Waals surface area contributed by atoms with E-state index in [1.807, 2.05) is 0 Å². The number of aryl methyl sites for hydroxylation is 1. The molecule has 0 radical (unpaired) electrons. The molecule has 1 saturated carbocycles. The molecule has 2 fully saturated rings. The lowest BCUT2D eigenvalue weighted by molar-refractivity contribution is -0.137. The summed E-state index contributed by atoms with van der Waals surface area (Å²) in [6, 6.07) is 7.27. The summed E-state index contributed by atoms with van der Waals surface area (Å²) < 4.78 is 10.4. The normalized spacial score (nSPS) is 29.9. The van der Waals surface area contributed by atoms with Crippen molar-refractivity contribution in [2.75, 3.05) is 20.3 Å². The first-order valence-corrected chi connectivity index (χ1v) is 10.9. The average molecular weight is 371 g/mol. The number of cyclic esters (lactones) is 1. The molecule has 27 heavy (non-hydrogen) atoms. The van der Waals surface area contributed by atoms with E-state index in [4.69, 9.17) is 9.47 Å². The number of ether oxygens (including phenoxy) is 2. The highest BCUT2D eigenvalue weighted by Crippen LogP contribution is 2.51. The Kier molecular flexibility index (Phi) is 5.87. The number of fused-ring (bicyclic) bond motifs is 1. The summed E-state index contributed by atoms with van der Waals surface area (Å²) in [6.45, 7) is 1.55. The Bertz CT molecular complexity index is 668. The van der Waals surface area contributed by atoms with Gasteiger partial charge in [0, 0.05) is 19.1 Å². The number of carbonyl (C=O) groups excluding carboxylic acids is 1. The maximum absolute atomic E-state index is 11.6. The molecule has 3 atom stereocenters. The molecule has 1 aromatic carbocycles. The topological polar surface area (TPSA) is 35.5 Å². The van der Waals surface area contributed by atoms with E-state index in [1.54, 1.807) is 18.2 Å². The molecule has 4 rings (SSSR count). The van der Waals surface area contributed by atoms with E-state index in [0.29, 0.717) is 18.9 Å². The van der Waals surface area contributed by atoms with Crippen molar-refractivity contribution in [2.24, 2.45) is 11.3 Å². The minimum atomic E-state index is 0.00866. The number of hydrogen-bond acceptors (Lipinski definition) is 3. The summed E-state index contributed by atoms with van der Waals surface area (Å²) in [4.78, 5) is 11.6. The first kappa shape index (κ1) is 19.0. The van der Waals surface area contributed by atoms with Gasteiger partial charge in [-0.25, -0.2) is 0 Å². The predicted molar refractivity (Wildman–Crippen MR) is 107 cm³/mol. The number of unbranched alkanes of at least 4 members (excludes halogenated alkanes) is 2. The third kappa shape index (κ3) is 4.39. The molecule has 1 spiro atoms. The van der Waals surface area contributed by atoms with Gasteiger partial charge in [0.1, 0.15) is 0 Å². The van der Waals surface area contributed by atoms with Crippen LogP contribution in [0.25, 0.3) is 0 Å². The van der Waals surface area contributed by atoms with Gasteiger partial charge < -0.3 is 9.47 Å². The highest BCUT2D eigenvalue weighted by Gasteiger charge is 2.46. The summed E-state index contributed by atoms with van der Waals surface area (Å²) >= 11 is 0. The lowest BCUT2D eigenvalue weighted by Gasteiger charge is -2.26. The molecular formula is C24H34O3. The van der Waals surface area contributed by atoms with Gasteiger partial charge in [0.2, 0.25) is 0 Å². The second-order valence-electron chi connectivity index (χ2n) is 9.26. The Morgan fingerprint density at radius 1 is 1.19 bits per heavy atom. The first-order valence-electron chi connectivity index (χ1n) is 10.9. The van der Waals surface area contributed by atoms with Gasteiger partial charge in [-0.2, -0.15) is 0 Å². The van der Waals surface area contributed by atoms with Gasteiger partial charge in [0.25, 0.3) is 0 Å². The lowest BCUT2D eigenvalue weighted by Crippen LogP contribution is -2.17. The Morgan fingerprint density at radius 2 is 2.11 bits per heavy atom. The molecule has 148 valence electrons. The maximum atomic E-state index is 11.6. The van der Waals surface area contributed by atoms with Crippen LogP contribution in [-0.4, -0.2) is 26.3 Å². The van der Waals surface area contributed by atoms with E-state index in [9.17, 15) is 4.79 Å². The zero-order valence-corrected chi connectivity index (χ0v) is 16.8. The number of carbonyl (C=O) groups is 1. The maximum Gasteiger partial charge on any atom is 0.306 e. The molecular weight excluding hydrogens is 336 g/mol. The molecule has 1 aliphatic heterocycles. The van der Waals surface area contributed by atoms with Crippen molar-refractivity contribution in [1.82, 2.24) is 0 Å². The molecule has 3 nitrogen and oxygen atoms in total. The zero-order chi connectivity index (χ0) is 18.7. The molecule has 0 N–H and O–H groups in total.